The van der Waals surface area contributed by atoms with Gasteiger partial charge in [0.2, 0.25) is 0 Å². The zero-order valence-corrected chi connectivity index (χ0v) is 13.6. The van der Waals surface area contributed by atoms with Crippen LogP contribution in [-0.4, -0.2) is 28.9 Å². The Bertz CT molecular complexity index is 333. The first-order valence-corrected chi connectivity index (χ1v) is 7.94. The zero-order chi connectivity index (χ0) is 14.3. The molecule has 0 atom stereocenters. The molecule has 0 aromatic carbocycles. The van der Waals surface area contributed by atoms with Gasteiger partial charge in [-0.1, -0.05) is 13.8 Å². The van der Waals surface area contributed by atoms with Gasteiger partial charge in [0, 0.05) is 0 Å². The first-order chi connectivity index (χ1) is 8.22. The van der Waals surface area contributed by atoms with Crippen LogP contribution in [0.1, 0.15) is 41.5 Å². The Kier molecular flexibility index (Phi) is 7.71. The third-order valence-corrected chi connectivity index (χ3v) is 3.93. The lowest BCUT2D eigenvalue weighted by Crippen LogP contribution is -2.27. The highest BCUT2D eigenvalue weighted by molar-refractivity contribution is 8.22. The molecule has 0 bridgehead atoms. The third kappa shape index (κ3) is 6.50. The standard InChI is InChI=1S/C13H22O3S2/c1-7-17-12(18-8-2)10(9(3)14)11(15)16-13(4,5)6/h7-8H2,1-6H3. The molecule has 0 saturated carbocycles. The molecule has 5 heteroatoms. The number of esters is 1. The summed E-state index contributed by atoms with van der Waals surface area (Å²) in [5, 5.41) is 0. The van der Waals surface area contributed by atoms with Gasteiger partial charge in [-0.2, -0.15) is 0 Å². The molecule has 0 aliphatic rings. The van der Waals surface area contributed by atoms with Crippen molar-refractivity contribution in [2.75, 3.05) is 11.5 Å². The second kappa shape index (κ2) is 7.89. The molecule has 3 nitrogen and oxygen atoms in total. The number of ketones is 1. The average Bonchev–Trinajstić information content (AvgIpc) is 2.14. The lowest BCUT2D eigenvalue weighted by atomic mass is 10.1. The molecule has 0 N–H and O–H groups in total. The summed E-state index contributed by atoms with van der Waals surface area (Å²) in [6.45, 7) is 10.8. The molecule has 0 saturated heterocycles. The zero-order valence-electron chi connectivity index (χ0n) is 12.0. The smallest absolute Gasteiger partial charge is 0.343 e. The fraction of sp³-hybridized carbons (Fsp3) is 0.692. The van der Waals surface area contributed by atoms with E-state index >= 15 is 0 Å². The first kappa shape index (κ1) is 17.6. The highest BCUT2D eigenvalue weighted by Gasteiger charge is 2.26. The summed E-state index contributed by atoms with van der Waals surface area (Å²) in [4.78, 5) is 23.7. The lowest BCUT2D eigenvalue weighted by Gasteiger charge is -2.21. The summed E-state index contributed by atoms with van der Waals surface area (Å²) in [7, 11) is 0. The lowest BCUT2D eigenvalue weighted by molar-refractivity contribution is -0.150. The Morgan fingerprint density at radius 2 is 1.50 bits per heavy atom. The van der Waals surface area contributed by atoms with Gasteiger partial charge in [-0.15, -0.1) is 23.5 Å². The second-order valence-electron chi connectivity index (χ2n) is 4.59. The van der Waals surface area contributed by atoms with Crippen molar-refractivity contribution >= 4 is 35.3 Å². The van der Waals surface area contributed by atoms with Crippen LogP contribution in [0.4, 0.5) is 0 Å². The topological polar surface area (TPSA) is 43.4 Å². The minimum Gasteiger partial charge on any atom is -0.456 e. The largest absolute Gasteiger partial charge is 0.456 e. The molecule has 0 radical (unpaired) electrons. The number of hydrogen-bond acceptors (Lipinski definition) is 5. The number of hydrogen-bond donors (Lipinski definition) is 0. The molecule has 0 heterocycles. The van der Waals surface area contributed by atoms with Crippen molar-refractivity contribution in [2.24, 2.45) is 0 Å². The van der Waals surface area contributed by atoms with Gasteiger partial charge in [0.05, 0.1) is 4.24 Å². The van der Waals surface area contributed by atoms with Crippen molar-refractivity contribution in [1.82, 2.24) is 0 Å². The van der Waals surface area contributed by atoms with Gasteiger partial charge in [-0.05, 0) is 39.2 Å². The quantitative estimate of drug-likeness (QED) is 0.323. The molecular formula is C13H22O3S2. The maximum Gasteiger partial charge on any atom is 0.343 e. The fourth-order valence-corrected chi connectivity index (χ4v) is 3.46. The molecule has 104 valence electrons. The van der Waals surface area contributed by atoms with E-state index < -0.39 is 11.6 Å². The van der Waals surface area contributed by atoms with Gasteiger partial charge in [-0.25, -0.2) is 4.79 Å². The molecule has 0 unspecified atom stereocenters. The van der Waals surface area contributed by atoms with E-state index in [9.17, 15) is 9.59 Å². The highest BCUT2D eigenvalue weighted by Crippen LogP contribution is 2.32. The predicted molar refractivity (Wildman–Crippen MR) is 79.8 cm³/mol. The minimum atomic E-state index is -0.587. The van der Waals surface area contributed by atoms with Crippen LogP contribution < -0.4 is 0 Å². The minimum absolute atomic E-state index is 0.184. The Hall–Kier alpha value is -0.420. The summed E-state index contributed by atoms with van der Waals surface area (Å²) >= 11 is 3.03. The van der Waals surface area contributed by atoms with Crippen molar-refractivity contribution in [3.05, 3.63) is 9.81 Å². The molecule has 0 aliphatic carbocycles. The summed E-state index contributed by atoms with van der Waals surface area (Å²) in [6.07, 6.45) is 0. The van der Waals surface area contributed by atoms with Gasteiger partial charge in [0.25, 0.3) is 0 Å². The maximum absolute atomic E-state index is 12.1. The van der Waals surface area contributed by atoms with Crippen LogP contribution >= 0.6 is 23.5 Å². The summed E-state index contributed by atoms with van der Waals surface area (Å²) in [5.74, 6) is 0.886. The molecule has 0 spiro atoms. The molecule has 0 rings (SSSR count). The van der Waals surface area contributed by atoms with E-state index in [0.717, 1.165) is 15.7 Å². The Balaban J connectivity index is 5.30. The van der Waals surface area contributed by atoms with E-state index in [1.54, 1.807) is 20.8 Å². The Morgan fingerprint density at radius 3 is 1.78 bits per heavy atom. The van der Waals surface area contributed by atoms with Crippen LogP contribution in [0.3, 0.4) is 0 Å². The van der Waals surface area contributed by atoms with Crippen molar-refractivity contribution < 1.29 is 14.3 Å². The SMILES string of the molecule is CCSC(SCC)=C(C(C)=O)C(=O)OC(C)(C)C. The van der Waals surface area contributed by atoms with Gasteiger partial charge in [-0.3, -0.25) is 4.79 Å². The van der Waals surface area contributed by atoms with Crippen molar-refractivity contribution in [1.29, 1.82) is 0 Å². The van der Waals surface area contributed by atoms with Crippen LogP contribution in [0.5, 0.6) is 0 Å². The maximum atomic E-state index is 12.1. The van der Waals surface area contributed by atoms with E-state index in [4.69, 9.17) is 4.74 Å². The van der Waals surface area contributed by atoms with Gasteiger partial charge >= 0.3 is 5.97 Å². The van der Waals surface area contributed by atoms with E-state index in [0.29, 0.717) is 0 Å². The molecule has 0 fully saturated rings. The monoisotopic (exact) mass is 290 g/mol. The Morgan fingerprint density at radius 1 is 1.06 bits per heavy atom. The van der Waals surface area contributed by atoms with E-state index in [2.05, 4.69) is 0 Å². The number of rotatable bonds is 6. The second-order valence-corrected chi connectivity index (χ2v) is 7.39. The third-order valence-electron chi connectivity index (χ3n) is 1.71. The fourth-order valence-electron chi connectivity index (χ4n) is 1.15. The van der Waals surface area contributed by atoms with Gasteiger partial charge < -0.3 is 4.74 Å². The highest BCUT2D eigenvalue weighted by atomic mass is 32.2. The number of Topliss-reactive ketones (excluding diaryl/α,β-unsaturated/α-hetero) is 1. The first-order valence-electron chi connectivity index (χ1n) is 5.97. The molecular weight excluding hydrogens is 268 g/mol. The summed E-state index contributed by atoms with van der Waals surface area (Å²) in [5.41, 5.74) is -0.403. The molecule has 0 aliphatic heterocycles. The summed E-state index contributed by atoms with van der Waals surface area (Å²) in [6, 6.07) is 0. The number of carbonyl (C=O) groups is 2. The normalized spacial score (nSPS) is 11.0. The summed E-state index contributed by atoms with van der Waals surface area (Å²) < 4.78 is 6.06. The van der Waals surface area contributed by atoms with Crippen molar-refractivity contribution in [3.63, 3.8) is 0 Å². The van der Waals surface area contributed by atoms with Crippen LogP contribution in [0.25, 0.3) is 0 Å². The van der Waals surface area contributed by atoms with Crippen LogP contribution in [0.15, 0.2) is 9.81 Å². The predicted octanol–water partition coefficient (Wildman–Crippen LogP) is 3.63. The number of ether oxygens (including phenoxy) is 1. The molecule has 0 amide bonds. The molecule has 0 aromatic rings. The van der Waals surface area contributed by atoms with Crippen LogP contribution in [0.2, 0.25) is 0 Å². The van der Waals surface area contributed by atoms with E-state index in [1.165, 1.54) is 30.4 Å². The van der Waals surface area contributed by atoms with Gasteiger partial charge in [0.1, 0.15) is 11.2 Å². The molecule has 18 heavy (non-hydrogen) atoms. The van der Waals surface area contributed by atoms with Gasteiger partial charge in [0.15, 0.2) is 5.78 Å². The van der Waals surface area contributed by atoms with E-state index in [1.807, 2.05) is 13.8 Å². The molecule has 0 aromatic heterocycles. The van der Waals surface area contributed by atoms with Crippen molar-refractivity contribution in [2.45, 2.75) is 47.1 Å². The Labute approximate surface area is 118 Å². The van der Waals surface area contributed by atoms with E-state index in [-0.39, 0.29) is 11.4 Å². The number of carbonyl (C=O) groups excluding carboxylic acids is 2. The van der Waals surface area contributed by atoms with Crippen LogP contribution in [-0.2, 0) is 14.3 Å². The van der Waals surface area contributed by atoms with Crippen molar-refractivity contribution in [3.8, 4) is 0 Å². The number of thioether (sulfide) groups is 2. The average molecular weight is 290 g/mol. The van der Waals surface area contributed by atoms with Crippen LogP contribution in [0, 0.1) is 0 Å².